The predicted octanol–water partition coefficient (Wildman–Crippen LogP) is 3.15. The normalized spacial score (nSPS) is 14.9. The zero-order chi connectivity index (χ0) is 8.36. The second-order valence-electron chi connectivity index (χ2n) is 2.33. The van der Waals surface area contributed by atoms with E-state index < -0.39 is 17.7 Å². The fourth-order valence-corrected chi connectivity index (χ4v) is 0.526. The van der Waals surface area contributed by atoms with Gasteiger partial charge in [0.2, 0.25) is 0 Å². The highest BCUT2D eigenvalue weighted by atomic mass is 19.4. The Kier molecular flexibility index (Phi) is 2.94. The molecule has 0 N–H and O–H groups in total. The van der Waals surface area contributed by atoms with Crippen LogP contribution in [0.3, 0.4) is 0 Å². The van der Waals surface area contributed by atoms with E-state index in [-0.39, 0.29) is 0 Å². The Balaban J connectivity index is 4.09. The fraction of sp³-hybridized carbons (Fsp3) is 0.714. The topological polar surface area (TPSA) is 0 Å². The Hall–Kier alpha value is -0.470. The van der Waals surface area contributed by atoms with Crippen LogP contribution in [0.5, 0.6) is 0 Å². The Morgan fingerprint density at radius 1 is 1.50 bits per heavy atom. The average molecular weight is 152 g/mol. The van der Waals surface area contributed by atoms with E-state index in [1.54, 1.807) is 6.92 Å². The Morgan fingerprint density at radius 2 is 1.90 bits per heavy atom. The van der Waals surface area contributed by atoms with Crippen molar-refractivity contribution in [3.05, 3.63) is 12.2 Å². The van der Waals surface area contributed by atoms with Gasteiger partial charge in [-0.15, -0.1) is 0 Å². The summed E-state index contributed by atoms with van der Waals surface area (Å²) in [5.41, 5.74) is -0.630. The molecule has 0 heterocycles. The van der Waals surface area contributed by atoms with Crippen molar-refractivity contribution >= 4 is 0 Å². The number of hydrogen-bond donors (Lipinski definition) is 0. The van der Waals surface area contributed by atoms with Gasteiger partial charge in [0.1, 0.15) is 0 Å². The van der Waals surface area contributed by atoms with E-state index >= 15 is 0 Å². The molecule has 0 fully saturated rings. The van der Waals surface area contributed by atoms with Gasteiger partial charge in [-0.05, 0) is 12.3 Å². The monoisotopic (exact) mass is 152 g/mol. The molecule has 1 unspecified atom stereocenters. The van der Waals surface area contributed by atoms with Gasteiger partial charge in [-0.3, -0.25) is 0 Å². The first-order chi connectivity index (χ1) is 4.39. The molecule has 0 saturated heterocycles. The third-order valence-electron chi connectivity index (χ3n) is 1.57. The van der Waals surface area contributed by atoms with Crippen LogP contribution in [0.1, 0.15) is 20.3 Å². The molecule has 10 heavy (non-hydrogen) atoms. The molecule has 0 amide bonds. The van der Waals surface area contributed by atoms with Gasteiger partial charge >= 0.3 is 6.18 Å². The van der Waals surface area contributed by atoms with Crippen molar-refractivity contribution in [2.24, 2.45) is 5.92 Å². The maximum atomic E-state index is 11.8. The third-order valence-corrected chi connectivity index (χ3v) is 1.57. The first-order valence-corrected chi connectivity index (χ1v) is 3.15. The van der Waals surface area contributed by atoms with Gasteiger partial charge in [0, 0.05) is 5.57 Å². The number of halogens is 3. The van der Waals surface area contributed by atoms with Gasteiger partial charge in [-0.25, -0.2) is 0 Å². The smallest absolute Gasteiger partial charge is 0.166 e. The molecule has 0 aromatic rings. The molecule has 1 atom stereocenters. The number of alkyl halides is 3. The molecule has 0 bridgehead atoms. The zero-order valence-corrected chi connectivity index (χ0v) is 6.13. The molecule has 0 nitrogen and oxygen atoms in total. The number of allylic oxidation sites excluding steroid dienone is 1. The summed E-state index contributed by atoms with van der Waals surface area (Å²) in [7, 11) is 0. The fourth-order valence-electron chi connectivity index (χ4n) is 0.526. The lowest BCUT2D eigenvalue weighted by atomic mass is 10.00. The van der Waals surface area contributed by atoms with Crippen molar-refractivity contribution in [3.8, 4) is 0 Å². The van der Waals surface area contributed by atoms with Gasteiger partial charge in [0.25, 0.3) is 0 Å². The molecule has 0 aliphatic carbocycles. The number of hydrogen-bond acceptors (Lipinski definition) is 0. The van der Waals surface area contributed by atoms with E-state index in [1.807, 2.05) is 0 Å². The average Bonchev–Trinajstić information content (AvgIpc) is 1.83. The first kappa shape index (κ1) is 9.53. The summed E-state index contributed by atoms with van der Waals surface area (Å²) in [6, 6.07) is 0. The highest BCUT2D eigenvalue weighted by Crippen LogP contribution is 2.30. The lowest BCUT2D eigenvalue weighted by Crippen LogP contribution is -2.16. The van der Waals surface area contributed by atoms with Crippen molar-refractivity contribution in [2.45, 2.75) is 26.4 Å². The molecule has 0 aliphatic rings. The summed E-state index contributed by atoms with van der Waals surface area (Å²) in [6.45, 7) is 6.21. The zero-order valence-electron chi connectivity index (χ0n) is 6.13. The SMILES string of the molecule is C=C(C(C)CC)C(F)(F)F. The van der Waals surface area contributed by atoms with Crippen LogP contribution >= 0.6 is 0 Å². The maximum absolute atomic E-state index is 11.8. The van der Waals surface area contributed by atoms with E-state index in [0.29, 0.717) is 6.42 Å². The Morgan fingerprint density at radius 3 is 2.00 bits per heavy atom. The van der Waals surface area contributed by atoms with Gasteiger partial charge in [0.05, 0.1) is 0 Å². The standard InChI is InChI=1S/C7H11F3/c1-4-5(2)6(3)7(8,9)10/h5H,3-4H2,1-2H3. The van der Waals surface area contributed by atoms with Crippen molar-refractivity contribution in [1.82, 2.24) is 0 Å². The van der Waals surface area contributed by atoms with Crippen LogP contribution in [-0.4, -0.2) is 6.18 Å². The Labute approximate surface area is 58.7 Å². The molecule has 0 spiro atoms. The molecule has 0 aromatic carbocycles. The second kappa shape index (κ2) is 3.08. The summed E-state index contributed by atoms with van der Waals surface area (Å²) >= 11 is 0. The van der Waals surface area contributed by atoms with E-state index in [9.17, 15) is 13.2 Å². The van der Waals surface area contributed by atoms with Crippen LogP contribution in [0.2, 0.25) is 0 Å². The van der Waals surface area contributed by atoms with Crippen molar-refractivity contribution < 1.29 is 13.2 Å². The molecule has 60 valence electrons. The van der Waals surface area contributed by atoms with Crippen molar-refractivity contribution in [2.75, 3.05) is 0 Å². The number of rotatable bonds is 2. The first-order valence-electron chi connectivity index (χ1n) is 3.15. The summed E-state index contributed by atoms with van der Waals surface area (Å²) in [5.74, 6) is -0.458. The van der Waals surface area contributed by atoms with Crippen molar-refractivity contribution in [1.29, 1.82) is 0 Å². The molecule has 0 radical (unpaired) electrons. The third kappa shape index (κ3) is 2.42. The van der Waals surface area contributed by atoms with Gasteiger partial charge < -0.3 is 0 Å². The lowest BCUT2D eigenvalue weighted by molar-refractivity contribution is -0.0980. The highest BCUT2D eigenvalue weighted by Gasteiger charge is 2.34. The summed E-state index contributed by atoms with van der Waals surface area (Å²) in [4.78, 5) is 0. The van der Waals surface area contributed by atoms with Crippen LogP contribution in [0, 0.1) is 5.92 Å². The van der Waals surface area contributed by atoms with Crippen LogP contribution in [0.15, 0.2) is 12.2 Å². The second-order valence-corrected chi connectivity index (χ2v) is 2.33. The van der Waals surface area contributed by atoms with Crippen molar-refractivity contribution in [3.63, 3.8) is 0 Å². The molecular formula is C7H11F3. The van der Waals surface area contributed by atoms with Gasteiger partial charge in [-0.2, -0.15) is 13.2 Å². The molecule has 0 aliphatic heterocycles. The maximum Gasteiger partial charge on any atom is 0.412 e. The minimum atomic E-state index is -4.21. The van der Waals surface area contributed by atoms with Crippen LogP contribution in [0.25, 0.3) is 0 Å². The predicted molar refractivity (Wildman–Crippen MR) is 34.6 cm³/mol. The van der Waals surface area contributed by atoms with Gasteiger partial charge in [0.15, 0.2) is 0 Å². The van der Waals surface area contributed by atoms with Crippen LogP contribution < -0.4 is 0 Å². The van der Waals surface area contributed by atoms with Gasteiger partial charge in [-0.1, -0.05) is 20.4 Å². The largest absolute Gasteiger partial charge is 0.412 e. The van der Waals surface area contributed by atoms with E-state index in [1.165, 1.54) is 6.92 Å². The lowest BCUT2D eigenvalue weighted by Gasteiger charge is -2.14. The molecule has 0 saturated carbocycles. The molecule has 3 heteroatoms. The molecule has 0 aromatic heterocycles. The van der Waals surface area contributed by atoms with E-state index in [0.717, 1.165) is 0 Å². The molecule has 0 rings (SSSR count). The quantitative estimate of drug-likeness (QED) is 0.533. The summed E-state index contributed by atoms with van der Waals surface area (Å²) < 4.78 is 35.4. The minimum Gasteiger partial charge on any atom is -0.166 e. The van der Waals surface area contributed by atoms with Crippen LogP contribution in [0.4, 0.5) is 13.2 Å². The highest BCUT2D eigenvalue weighted by molar-refractivity contribution is 5.05. The minimum absolute atomic E-state index is 0.458. The molecular weight excluding hydrogens is 141 g/mol. The summed E-state index contributed by atoms with van der Waals surface area (Å²) in [6.07, 6.45) is -3.73. The Bertz CT molecular complexity index is 123. The van der Waals surface area contributed by atoms with E-state index in [4.69, 9.17) is 0 Å². The summed E-state index contributed by atoms with van der Waals surface area (Å²) in [5, 5.41) is 0. The van der Waals surface area contributed by atoms with Crippen LogP contribution in [-0.2, 0) is 0 Å². The van der Waals surface area contributed by atoms with E-state index in [2.05, 4.69) is 6.58 Å².